The summed E-state index contributed by atoms with van der Waals surface area (Å²) in [6.07, 6.45) is -3.09. The fraction of sp³-hybridized carbons (Fsp3) is 0.400. The topological polar surface area (TPSA) is 17.1 Å². The van der Waals surface area contributed by atoms with Gasteiger partial charge in [0.1, 0.15) is 5.57 Å². The highest BCUT2D eigenvalue weighted by molar-refractivity contribution is 5.75. The molecule has 9 heavy (non-hydrogen) atoms. The molecule has 0 aromatic rings. The van der Waals surface area contributed by atoms with Crippen molar-refractivity contribution in [3.05, 3.63) is 11.6 Å². The number of rotatable bonds is 1. The van der Waals surface area contributed by atoms with Crippen LogP contribution in [0.1, 0.15) is 6.92 Å². The summed E-state index contributed by atoms with van der Waals surface area (Å²) in [6, 6.07) is 0. The average molecular weight is 137 g/mol. The van der Waals surface area contributed by atoms with E-state index in [1.807, 2.05) is 0 Å². The van der Waals surface area contributed by atoms with E-state index in [-0.39, 0.29) is 0 Å². The van der Waals surface area contributed by atoms with Crippen molar-refractivity contribution < 1.29 is 18.0 Å². The number of allylic oxidation sites excluding steroid dienone is 2. The molecule has 0 amide bonds. The zero-order valence-electron chi connectivity index (χ0n) is 4.62. The van der Waals surface area contributed by atoms with Gasteiger partial charge in [0.25, 0.3) is 0 Å². The van der Waals surface area contributed by atoms with Gasteiger partial charge < -0.3 is 0 Å². The van der Waals surface area contributed by atoms with E-state index in [0.29, 0.717) is 6.08 Å². The van der Waals surface area contributed by atoms with Gasteiger partial charge in [-0.3, -0.25) is 4.79 Å². The summed E-state index contributed by atoms with van der Waals surface area (Å²) >= 11 is 0. The molecule has 51 valence electrons. The first-order chi connectivity index (χ1) is 4.02. The standard InChI is InChI=1S/C5H4F3O/c1-2-4(3-9)5(6,7)8/h2H,1H3. The lowest BCUT2D eigenvalue weighted by Crippen LogP contribution is -2.12. The van der Waals surface area contributed by atoms with Crippen LogP contribution in [0.25, 0.3) is 0 Å². The Morgan fingerprint density at radius 2 is 2.00 bits per heavy atom. The predicted octanol–water partition coefficient (Wildman–Crippen LogP) is 1.60. The van der Waals surface area contributed by atoms with E-state index in [9.17, 15) is 18.0 Å². The molecule has 0 bridgehead atoms. The molecule has 0 unspecified atom stereocenters. The number of hydrogen-bond acceptors (Lipinski definition) is 1. The second-order valence-electron chi connectivity index (χ2n) is 1.30. The van der Waals surface area contributed by atoms with Crippen LogP contribution in [0.15, 0.2) is 11.6 Å². The third-order valence-electron chi connectivity index (χ3n) is 0.704. The Balaban J connectivity index is 4.32. The van der Waals surface area contributed by atoms with Gasteiger partial charge in [-0.1, -0.05) is 6.08 Å². The van der Waals surface area contributed by atoms with Crippen LogP contribution in [0.3, 0.4) is 0 Å². The molecule has 0 fully saturated rings. The highest BCUT2D eigenvalue weighted by Gasteiger charge is 2.32. The van der Waals surface area contributed by atoms with Crippen LogP contribution in [-0.2, 0) is 4.79 Å². The van der Waals surface area contributed by atoms with Crippen molar-refractivity contribution in [1.29, 1.82) is 0 Å². The molecule has 0 N–H and O–H groups in total. The number of halogens is 3. The van der Waals surface area contributed by atoms with Crippen LogP contribution in [0.5, 0.6) is 0 Å². The second-order valence-corrected chi connectivity index (χ2v) is 1.30. The fourth-order valence-corrected chi connectivity index (χ4v) is 0.280. The lowest BCUT2D eigenvalue weighted by atomic mass is 10.3. The maximum absolute atomic E-state index is 11.4. The molecule has 0 spiro atoms. The Kier molecular flexibility index (Phi) is 2.42. The van der Waals surface area contributed by atoms with E-state index in [1.165, 1.54) is 0 Å². The monoisotopic (exact) mass is 137 g/mol. The molecule has 0 heterocycles. The molecule has 0 aliphatic rings. The minimum absolute atomic E-state index is 0.674. The lowest BCUT2D eigenvalue weighted by Gasteiger charge is -2.01. The van der Waals surface area contributed by atoms with Crippen LogP contribution in [0.4, 0.5) is 13.2 Å². The Labute approximate surface area is 50.2 Å². The molecular formula is C5H4F3O. The van der Waals surface area contributed by atoms with Crippen molar-refractivity contribution in [3.63, 3.8) is 0 Å². The first-order valence-electron chi connectivity index (χ1n) is 2.14. The largest absolute Gasteiger partial charge is 0.419 e. The zero-order valence-corrected chi connectivity index (χ0v) is 4.62. The number of carbonyl (C=O) groups excluding carboxylic acids is 1. The molecule has 0 aliphatic carbocycles. The summed E-state index contributed by atoms with van der Waals surface area (Å²) in [6.45, 7) is 1.13. The van der Waals surface area contributed by atoms with E-state index in [1.54, 1.807) is 0 Å². The van der Waals surface area contributed by atoms with Gasteiger partial charge in [-0.2, -0.15) is 13.2 Å². The van der Waals surface area contributed by atoms with Crippen molar-refractivity contribution >= 4 is 6.29 Å². The van der Waals surface area contributed by atoms with Gasteiger partial charge in [-0.15, -0.1) is 0 Å². The van der Waals surface area contributed by atoms with Crippen LogP contribution in [0, 0.1) is 0 Å². The van der Waals surface area contributed by atoms with Gasteiger partial charge in [0.15, 0.2) is 0 Å². The van der Waals surface area contributed by atoms with Gasteiger partial charge in [0.2, 0.25) is 6.29 Å². The molecule has 0 rings (SSSR count). The van der Waals surface area contributed by atoms with E-state index >= 15 is 0 Å². The van der Waals surface area contributed by atoms with Crippen molar-refractivity contribution in [3.8, 4) is 0 Å². The maximum atomic E-state index is 11.4. The van der Waals surface area contributed by atoms with Crippen molar-refractivity contribution in [2.45, 2.75) is 13.1 Å². The summed E-state index contributed by atoms with van der Waals surface area (Å²) in [5.41, 5.74) is -1.26. The van der Waals surface area contributed by atoms with Crippen LogP contribution < -0.4 is 0 Å². The van der Waals surface area contributed by atoms with Gasteiger partial charge in [-0.05, 0) is 6.92 Å². The van der Waals surface area contributed by atoms with Gasteiger partial charge >= 0.3 is 6.18 Å². The Hall–Kier alpha value is -0.800. The second kappa shape index (κ2) is 2.66. The maximum Gasteiger partial charge on any atom is 0.419 e. The molecule has 0 aliphatic heterocycles. The first-order valence-corrected chi connectivity index (χ1v) is 2.14. The highest BCUT2D eigenvalue weighted by atomic mass is 19.4. The molecule has 1 nitrogen and oxygen atoms in total. The van der Waals surface area contributed by atoms with E-state index in [0.717, 1.165) is 13.2 Å². The minimum Gasteiger partial charge on any atom is -0.285 e. The van der Waals surface area contributed by atoms with Crippen LogP contribution in [0.2, 0.25) is 0 Å². The average Bonchev–Trinajstić information content (AvgIpc) is 1.65. The normalized spacial score (nSPS) is 13.6. The summed E-state index contributed by atoms with van der Waals surface area (Å²) in [5.74, 6) is 0. The quantitative estimate of drug-likeness (QED) is 0.501. The van der Waals surface area contributed by atoms with Crippen molar-refractivity contribution in [1.82, 2.24) is 0 Å². The zero-order chi connectivity index (χ0) is 7.49. The van der Waals surface area contributed by atoms with Gasteiger partial charge in [0, 0.05) is 0 Å². The molecule has 4 heteroatoms. The summed E-state index contributed by atoms with van der Waals surface area (Å²) in [4.78, 5) is 9.47. The molecule has 0 atom stereocenters. The molecule has 0 saturated carbocycles. The predicted molar refractivity (Wildman–Crippen MR) is 25.5 cm³/mol. The number of alkyl halides is 3. The van der Waals surface area contributed by atoms with Crippen LogP contribution >= 0.6 is 0 Å². The van der Waals surface area contributed by atoms with Gasteiger partial charge in [0.05, 0.1) is 0 Å². The Morgan fingerprint density at radius 1 is 1.56 bits per heavy atom. The highest BCUT2D eigenvalue weighted by Crippen LogP contribution is 2.23. The van der Waals surface area contributed by atoms with Crippen molar-refractivity contribution in [2.75, 3.05) is 0 Å². The fourth-order valence-electron chi connectivity index (χ4n) is 0.280. The van der Waals surface area contributed by atoms with E-state index < -0.39 is 11.7 Å². The lowest BCUT2D eigenvalue weighted by molar-refractivity contribution is -0.0862. The van der Waals surface area contributed by atoms with E-state index in [4.69, 9.17) is 0 Å². The molecular weight excluding hydrogens is 133 g/mol. The van der Waals surface area contributed by atoms with Gasteiger partial charge in [-0.25, -0.2) is 0 Å². The Bertz CT molecular complexity index is 134. The first kappa shape index (κ1) is 8.20. The third kappa shape index (κ3) is 2.30. The number of hydrogen-bond donors (Lipinski definition) is 0. The smallest absolute Gasteiger partial charge is 0.285 e. The minimum atomic E-state index is -4.55. The molecule has 0 saturated heterocycles. The summed E-state index contributed by atoms with van der Waals surface area (Å²) in [5, 5.41) is 0. The third-order valence-corrected chi connectivity index (χ3v) is 0.704. The molecule has 1 radical (unpaired) electrons. The van der Waals surface area contributed by atoms with Crippen LogP contribution in [-0.4, -0.2) is 12.5 Å². The van der Waals surface area contributed by atoms with E-state index in [2.05, 4.69) is 0 Å². The molecule has 0 aromatic heterocycles. The summed E-state index contributed by atoms with van der Waals surface area (Å²) < 4.78 is 34.2. The van der Waals surface area contributed by atoms with Crippen molar-refractivity contribution in [2.24, 2.45) is 0 Å². The summed E-state index contributed by atoms with van der Waals surface area (Å²) in [7, 11) is 0. The molecule has 0 aromatic carbocycles. The Morgan fingerprint density at radius 3 is 2.00 bits per heavy atom. The SMILES string of the molecule is CC=C([C]=O)C(F)(F)F.